The Morgan fingerprint density at radius 3 is 2.83 bits per heavy atom. The number of halogens is 1. The molecule has 7 heteroatoms. The number of carbonyl (C=O) groups is 1. The van der Waals surface area contributed by atoms with Gasteiger partial charge in [0.1, 0.15) is 18.5 Å². The van der Waals surface area contributed by atoms with Gasteiger partial charge in [-0.2, -0.15) is 0 Å². The summed E-state index contributed by atoms with van der Waals surface area (Å²) < 4.78 is 5.50. The molecule has 160 valence electrons. The zero-order valence-electron chi connectivity index (χ0n) is 16.2. The van der Waals surface area contributed by atoms with E-state index in [1.807, 2.05) is 12.2 Å². The highest BCUT2D eigenvalue weighted by atomic mass is 35.5. The molecule has 0 spiro atoms. The van der Waals surface area contributed by atoms with Crippen LogP contribution in [0.3, 0.4) is 0 Å². The van der Waals surface area contributed by atoms with Gasteiger partial charge in [-0.05, 0) is 49.8 Å². The first-order valence-corrected chi connectivity index (χ1v) is 10.2. The molecule has 0 saturated heterocycles. The summed E-state index contributed by atoms with van der Waals surface area (Å²) in [5.74, 6) is -0.947. The molecule has 1 saturated carbocycles. The molecule has 1 aliphatic carbocycles. The Kier molecular flexibility index (Phi) is 9.67. The third kappa shape index (κ3) is 8.19. The van der Waals surface area contributed by atoms with E-state index in [4.69, 9.17) is 16.3 Å². The first-order valence-electron chi connectivity index (χ1n) is 9.82. The number of aliphatic hydroxyl groups excluding tert-OH is 3. The molecular weight excluding hydrogens is 396 g/mol. The van der Waals surface area contributed by atoms with Crippen molar-refractivity contribution in [3.8, 4) is 5.75 Å². The number of ether oxygens (including phenoxy) is 1. The van der Waals surface area contributed by atoms with Crippen LogP contribution in [0.25, 0.3) is 0 Å². The molecule has 2 rings (SSSR count). The first-order chi connectivity index (χ1) is 13.9. The number of aliphatic carboxylic acids is 1. The van der Waals surface area contributed by atoms with E-state index in [9.17, 15) is 25.2 Å². The molecule has 1 aliphatic rings. The van der Waals surface area contributed by atoms with Crippen molar-refractivity contribution in [3.05, 3.63) is 53.6 Å². The van der Waals surface area contributed by atoms with Crippen molar-refractivity contribution in [1.82, 2.24) is 0 Å². The number of hydrogen-bond donors (Lipinski definition) is 3. The highest BCUT2D eigenvalue weighted by molar-refractivity contribution is 6.30. The van der Waals surface area contributed by atoms with Gasteiger partial charge in [-0.15, -0.1) is 0 Å². The largest absolute Gasteiger partial charge is 0.550 e. The highest BCUT2D eigenvalue weighted by Gasteiger charge is 2.39. The van der Waals surface area contributed by atoms with Crippen LogP contribution < -0.4 is 9.84 Å². The predicted octanol–water partition coefficient (Wildman–Crippen LogP) is 1.86. The molecule has 0 heterocycles. The maximum Gasteiger partial charge on any atom is 0.120 e. The van der Waals surface area contributed by atoms with Crippen LogP contribution in [-0.4, -0.2) is 46.2 Å². The maximum absolute atomic E-state index is 10.4. The van der Waals surface area contributed by atoms with E-state index in [0.29, 0.717) is 30.0 Å². The number of unbranched alkanes of at least 4 members (excludes halogenated alkanes) is 1. The van der Waals surface area contributed by atoms with E-state index in [1.165, 1.54) is 0 Å². The Morgan fingerprint density at radius 1 is 1.31 bits per heavy atom. The molecule has 0 radical (unpaired) electrons. The zero-order chi connectivity index (χ0) is 21.2. The van der Waals surface area contributed by atoms with Gasteiger partial charge in [-0.3, -0.25) is 0 Å². The van der Waals surface area contributed by atoms with Crippen molar-refractivity contribution in [2.24, 2.45) is 11.8 Å². The molecule has 1 fully saturated rings. The van der Waals surface area contributed by atoms with Crippen LogP contribution in [0, 0.1) is 11.8 Å². The van der Waals surface area contributed by atoms with E-state index in [1.54, 1.807) is 36.4 Å². The average molecular weight is 424 g/mol. The third-order valence-corrected chi connectivity index (χ3v) is 5.25. The van der Waals surface area contributed by atoms with E-state index in [2.05, 4.69) is 0 Å². The maximum atomic E-state index is 10.4. The minimum atomic E-state index is -1.06. The van der Waals surface area contributed by atoms with Crippen LogP contribution >= 0.6 is 11.6 Å². The second-order valence-corrected chi connectivity index (χ2v) is 7.74. The number of hydrogen-bond acceptors (Lipinski definition) is 6. The minimum Gasteiger partial charge on any atom is -0.550 e. The second-order valence-electron chi connectivity index (χ2n) is 7.30. The fraction of sp³-hybridized carbons (Fsp3) is 0.500. The van der Waals surface area contributed by atoms with Crippen molar-refractivity contribution in [2.45, 2.75) is 50.4 Å². The summed E-state index contributed by atoms with van der Waals surface area (Å²) in [6.07, 6.45) is 6.93. The quantitative estimate of drug-likeness (QED) is 0.370. The molecule has 0 unspecified atom stereocenters. The monoisotopic (exact) mass is 423 g/mol. The standard InChI is InChI=1S/C22H29ClO6/c23-15-6-5-7-17(12-15)29-14-16(24)10-11-19-18(20(25)13-21(19)26)8-3-1-2-4-9-22(27)28/h1,3,5-7,10-12,16,18-21,24-26H,2,4,8-9,13-14H2,(H,27,28)/p-1/t16-,18-,19-,20-,21+/m1/s1. The molecule has 3 N–H and O–H groups in total. The Bertz CT molecular complexity index is 704. The summed E-state index contributed by atoms with van der Waals surface area (Å²) in [6.45, 7) is 0.0468. The van der Waals surface area contributed by atoms with Gasteiger partial charge >= 0.3 is 0 Å². The summed E-state index contributed by atoms with van der Waals surface area (Å²) in [7, 11) is 0. The average Bonchev–Trinajstić information content (AvgIpc) is 2.93. The number of rotatable bonds is 11. The zero-order valence-corrected chi connectivity index (χ0v) is 16.9. The number of carboxylic acid groups (broad SMARTS) is 1. The minimum absolute atomic E-state index is 0.0234. The van der Waals surface area contributed by atoms with Gasteiger partial charge in [0.25, 0.3) is 0 Å². The van der Waals surface area contributed by atoms with Gasteiger partial charge in [-0.25, -0.2) is 0 Å². The number of benzene rings is 1. The summed E-state index contributed by atoms with van der Waals surface area (Å²) in [6, 6.07) is 6.89. The van der Waals surface area contributed by atoms with Crippen LogP contribution in [0.15, 0.2) is 48.6 Å². The number of carbonyl (C=O) groups excluding carboxylic acids is 1. The van der Waals surface area contributed by atoms with Crippen molar-refractivity contribution >= 4 is 17.6 Å². The number of aliphatic hydroxyl groups is 3. The van der Waals surface area contributed by atoms with Gasteiger partial charge in [0.15, 0.2) is 0 Å². The van der Waals surface area contributed by atoms with Crippen LogP contribution in [0.1, 0.15) is 32.1 Å². The SMILES string of the molecule is O=C([O-])CCCC=CC[C@@H]1[C@@H](C=C[C@@H](O)COc2cccc(Cl)c2)[C@@H](O)C[C@H]1O. The number of allylic oxidation sites excluding steroid dienone is 2. The van der Waals surface area contributed by atoms with E-state index in [0.717, 1.165) is 0 Å². The smallest absolute Gasteiger partial charge is 0.120 e. The van der Waals surface area contributed by atoms with Crippen molar-refractivity contribution in [2.75, 3.05) is 6.61 Å². The molecular formula is C22H28ClO6-. The predicted molar refractivity (Wildman–Crippen MR) is 108 cm³/mol. The lowest BCUT2D eigenvalue weighted by Crippen LogP contribution is -2.21. The first kappa shape index (κ1) is 23.4. The van der Waals surface area contributed by atoms with Crippen molar-refractivity contribution in [1.29, 1.82) is 0 Å². The molecule has 1 aromatic carbocycles. The Labute approximate surface area is 176 Å². The fourth-order valence-corrected chi connectivity index (χ4v) is 3.67. The molecule has 6 nitrogen and oxygen atoms in total. The van der Waals surface area contributed by atoms with E-state index in [-0.39, 0.29) is 31.3 Å². The highest BCUT2D eigenvalue weighted by Crippen LogP contribution is 2.36. The molecule has 0 amide bonds. The molecule has 29 heavy (non-hydrogen) atoms. The Hall–Kier alpha value is -1.86. The lowest BCUT2D eigenvalue weighted by Gasteiger charge is -2.19. The van der Waals surface area contributed by atoms with Gasteiger partial charge in [0.05, 0.1) is 12.2 Å². The molecule has 0 aromatic heterocycles. The molecule has 0 bridgehead atoms. The van der Waals surface area contributed by atoms with Crippen LogP contribution in [0.2, 0.25) is 5.02 Å². The van der Waals surface area contributed by atoms with Gasteiger partial charge in [-0.1, -0.05) is 42.0 Å². The molecule has 5 atom stereocenters. The normalized spacial score (nSPS) is 25.7. The second kappa shape index (κ2) is 12.0. The van der Waals surface area contributed by atoms with Gasteiger partial charge < -0.3 is 30.0 Å². The lowest BCUT2D eigenvalue weighted by molar-refractivity contribution is -0.305. The van der Waals surface area contributed by atoms with Crippen molar-refractivity contribution < 1.29 is 30.0 Å². The lowest BCUT2D eigenvalue weighted by atomic mass is 9.89. The van der Waals surface area contributed by atoms with Crippen molar-refractivity contribution in [3.63, 3.8) is 0 Å². The molecule has 1 aromatic rings. The Morgan fingerprint density at radius 2 is 2.10 bits per heavy atom. The fourth-order valence-electron chi connectivity index (χ4n) is 3.49. The van der Waals surface area contributed by atoms with Gasteiger partial charge in [0, 0.05) is 23.3 Å². The number of carboxylic acids is 1. The summed E-state index contributed by atoms with van der Waals surface area (Å²) >= 11 is 5.89. The topological polar surface area (TPSA) is 110 Å². The Balaban J connectivity index is 1.83. The molecule has 0 aliphatic heterocycles. The van der Waals surface area contributed by atoms with Crippen LogP contribution in [0.4, 0.5) is 0 Å². The van der Waals surface area contributed by atoms with E-state index < -0.39 is 24.3 Å². The summed E-state index contributed by atoms with van der Waals surface area (Å²) in [5, 5.41) is 41.6. The van der Waals surface area contributed by atoms with Crippen LogP contribution in [0.5, 0.6) is 5.75 Å². The van der Waals surface area contributed by atoms with Crippen LogP contribution in [-0.2, 0) is 4.79 Å². The summed E-state index contributed by atoms with van der Waals surface area (Å²) in [5.41, 5.74) is 0. The van der Waals surface area contributed by atoms with Gasteiger partial charge in [0.2, 0.25) is 0 Å². The third-order valence-electron chi connectivity index (χ3n) is 5.01. The summed E-state index contributed by atoms with van der Waals surface area (Å²) in [4.78, 5) is 10.4. The van der Waals surface area contributed by atoms with E-state index >= 15 is 0 Å².